The number of rotatable bonds is 4. The Morgan fingerprint density at radius 3 is 2.29 bits per heavy atom. The molecule has 1 N–H and O–H groups in total. The second kappa shape index (κ2) is 6.69. The van der Waals surface area contributed by atoms with Crippen LogP contribution in [0.1, 0.15) is 22.8 Å². The molecular formula is C16H16BrClO3. The van der Waals surface area contributed by atoms with Crippen LogP contribution in [0.2, 0.25) is 5.02 Å². The summed E-state index contributed by atoms with van der Waals surface area (Å²) in [4.78, 5) is 0. The number of aliphatic hydroxyl groups is 1. The summed E-state index contributed by atoms with van der Waals surface area (Å²) in [6, 6.07) is 8.94. The number of methoxy groups -OCH3 is 2. The van der Waals surface area contributed by atoms with Crippen molar-refractivity contribution in [1.29, 1.82) is 0 Å². The van der Waals surface area contributed by atoms with Gasteiger partial charge in [-0.3, -0.25) is 0 Å². The first-order valence-electron chi connectivity index (χ1n) is 6.33. The zero-order valence-corrected chi connectivity index (χ0v) is 14.3. The molecule has 0 saturated heterocycles. The van der Waals surface area contributed by atoms with Crippen LogP contribution in [0.15, 0.2) is 34.8 Å². The Kier molecular flexibility index (Phi) is 5.14. The molecule has 1 unspecified atom stereocenters. The van der Waals surface area contributed by atoms with Crippen LogP contribution in [-0.2, 0) is 0 Å². The van der Waals surface area contributed by atoms with Gasteiger partial charge in [0.2, 0.25) is 0 Å². The Morgan fingerprint density at radius 2 is 1.71 bits per heavy atom. The average Bonchev–Trinajstić information content (AvgIpc) is 2.46. The highest BCUT2D eigenvalue weighted by atomic mass is 79.9. The fraction of sp³-hybridized carbons (Fsp3) is 0.250. The molecule has 0 aliphatic carbocycles. The first kappa shape index (κ1) is 16.1. The monoisotopic (exact) mass is 370 g/mol. The largest absolute Gasteiger partial charge is 0.496 e. The summed E-state index contributed by atoms with van der Waals surface area (Å²) in [5.41, 5.74) is 2.34. The zero-order valence-electron chi connectivity index (χ0n) is 12.0. The summed E-state index contributed by atoms with van der Waals surface area (Å²) in [6.07, 6.45) is -0.820. The first-order valence-corrected chi connectivity index (χ1v) is 7.50. The van der Waals surface area contributed by atoms with E-state index in [1.807, 2.05) is 19.1 Å². The van der Waals surface area contributed by atoms with E-state index in [4.69, 9.17) is 21.1 Å². The van der Waals surface area contributed by atoms with E-state index in [2.05, 4.69) is 15.9 Å². The van der Waals surface area contributed by atoms with Gasteiger partial charge in [0.15, 0.2) is 0 Å². The number of hydrogen-bond acceptors (Lipinski definition) is 3. The van der Waals surface area contributed by atoms with E-state index in [1.165, 1.54) is 0 Å². The predicted molar refractivity (Wildman–Crippen MR) is 87.5 cm³/mol. The van der Waals surface area contributed by atoms with Crippen LogP contribution < -0.4 is 9.47 Å². The van der Waals surface area contributed by atoms with E-state index in [0.29, 0.717) is 22.1 Å². The minimum absolute atomic E-state index is 0.588. The Hall–Kier alpha value is -1.23. The lowest BCUT2D eigenvalue weighted by Gasteiger charge is -2.19. The third-order valence-corrected chi connectivity index (χ3v) is 4.18. The van der Waals surface area contributed by atoms with E-state index in [1.54, 1.807) is 32.4 Å². The quantitative estimate of drug-likeness (QED) is 0.859. The molecule has 0 fully saturated rings. The molecule has 0 radical (unpaired) electrons. The highest BCUT2D eigenvalue weighted by molar-refractivity contribution is 9.10. The SMILES string of the molecule is COc1cc(C(O)c2ccc(Cl)cc2C)c(OC)cc1Br. The molecule has 1 atom stereocenters. The maximum Gasteiger partial charge on any atom is 0.133 e. The van der Waals surface area contributed by atoms with E-state index in [9.17, 15) is 5.11 Å². The van der Waals surface area contributed by atoms with Crippen molar-refractivity contribution in [3.05, 3.63) is 56.5 Å². The molecule has 0 saturated carbocycles. The Balaban J connectivity index is 2.53. The molecule has 0 heterocycles. The van der Waals surface area contributed by atoms with Crippen LogP contribution in [-0.4, -0.2) is 19.3 Å². The van der Waals surface area contributed by atoms with Gasteiger partial charge in [0.05, 0.1) is 18.7 Å². The van der Waals surface area contributed by atoms with Crippen molar-refractivity contribution in [1.82, 2.24) is 0 Å². The van der Waals surface area contributed by atoms with Crippen LogP contribution >= 0.6 is 27.5 Å². The number of benzene rings is 2. The van der Waals surface area contributed by atoms with Crippen molar-refractivity contribution in [2.75, 3.05) is 14.2 Å². The summed E-state index contributed by atoms with van der Waals surface area (Å²) in [5, 5.41) is 11.3. The molecule has 21 heavy (non-hydrogen) atoms. The van der Waals surface area contributed by atoms with Gasteiger partial charge < -0.3 is 14.6 Å². The molecule has 0 aliphatic heterocycles. The van der Waals surface area contributed by atoms with Crippen molar-refractivity contribution in [3.63, 3.8) is 0 Å². The predicted octanol–water partition coefficient (Wildman–Crippen LogP) is 4.51. The number of halogens is 2. The molecule has 0 bridgehead atoms. The van der Waals surface area contributed by atoms with Gasteiger partial charge in [0.25, 0.3) is 0 Å². The van der Waals surface area contributed by atoms with Gasteiger partial charge >= 0.3 is 0 Å². The van der Waals surface area contributed by atoms with E-state index in [-0.39, 0.29) is 0 Å². The Labute approximate surface area is 137 Å². The van der Waals surface area contributed by atoms with Crippen LogP contribution in [0.5, 0.6) is 11.5 Å². The summed E-state index contributed by atoms with van der Waals surface area (Å²) < 4.78 is 11.4. The molecule has 0 spiro atoms. The Morgan fingerprint density at radius 1 is 1.05 bits per heavy atom. The fourth-order valence-electron chi connectivity index (χ4n) is 2.21. The van der Waals surface area contributed by atoms with Gasteiger partial charge in [-0.1, -0.05) is 17.7 Å². The summed E-state index contributed by atoms with van der Waals surface area (Å²) >= 11 is 9.37. The van der Waals surface area contributed by atoms with Crippen molar-refractivity contribution in [3.8, 4) is 11.5 Å². The molecule has 2 aromatic carbocycles. The third kappa shape index (κ3) is 3.34. The highest BCUT2D eigenvalue weighted by Gasteiger charge is 2.20. The third-order valence-electron chi connectivity index (χ3n) is 3.33. The number of ether oxygens (including phenoxy) is 2. The van der Waals surface area contributed by atoms with Gasteiger partial charge in [-0.15, -0.1) is 0 Å². The Bertz CT molecular complexity index is 658. The van der Waals surface area contributed by atoms with Gasteiger partial charge in [-0.25, -0.2) is 0 Å². The minimum atomic E-state index is -0.820. The first-order chi connectivity index (χ1) is 9.97. The lowest BCUT2D eigenvalue weighted by atomic mass is 9.96. The summed E-state index contributed by atoms with van der Waals surface area (Å²) in [5.74, 6) is 1.22. The standard InChI is InChI=1S/C16H16BrClO3/c1-9-6-10(18)4-5-11(9)16(19)12-7-15(21-3)13(17)8-14(12)20-2/h4-8,16,19H,1-3H3. The zero-order chi connectivity index (χ0) is 15.6. The molecule has 3 nitrogen and oxygen atoms in total. The lowest BCUT2D eigenvalue weighted by molar-refractivity contribution is 0.213. The maximum atomic E-state index is 10.7. The average molecular weight is 372 g/mol. The second-order valence-electron chi connectivity index (χ2n) is 4.63. The lowest BCUT2D eigenvalue weighted by Crippen LogP contribution is -2.05. The van der Waals surface area contributed by atoms with Crippen LogP contribution in [0, 0.1) is 6.92 Å². The molecule has 0 aromatic heterocycles. The second-order valence-corrected chi connectivity index (χ2v) is 5.92. The van der Waals surface area contributed by atoms with Gasteiger partial charge in [-0.2, -0.15) is 0 Å². The van der Waals surface area contributed by atoms with Gasteiger partial charge in [-0.05, 0) is 58.2 Å². The summed E-state index contributed by atoms with van der Waals surface area (Å²) in [7, 11) is 3.15. The van der Waals surface area contributed by atoms with Gasteiger partial charge in [0.1, 0.15) is 17.6 Å². The van der Waals surface area contributed by atoms with Crippen molar-refractivity contribution < 1.29 is 14.6 Å². The maximum absolute atomic E-state index is 10.7. The minimum Gasteiger partial charge on any atom is -0.496 e. The molecule has 5 heteroatoms. The van der Waals surface area contributed by atoms with E-state index >= 15 is 0 Å². The van der Waals surface area contributed by atoms with Crippen LogP contribution in [0.4, 0.5) is 0 Å². The van der Waals surface area contributed by atoms with Crippen LogP contribution in [0.25, 0.3) is 0 Å². The van der Waals surface area contributed by atoms with Crippen LogP contribution in [0.3, 0.4) is 0 Å². The summed E-state index contributed by atoms with van der Waals surface area (Å²) in [6.45, 7) is 1.91. The molecule has 2 rings (SSSR count). The molecule has 112 valence electrons. The van der Waals surface area contributed by atoms with E-state index < -0.39 is 6.10 Å². The number of aryl methyl sites for hydroxylation is 1. The number of aliphatic hydroxyl groups excluding tert-OH is 1. The van der Waals surface area contributed by atoms with Gasteiger partial charge in [0, 0.05) is 10.6 Å². The molecule has 0 amide bonds. The topological polar surface area (TPSA) is 38.7 Å². The van der Waals surface area contributed by atoms with Crippen molar-refractivity contribution in [2.45, 2.75) is 13.0 Å². The van der Waals surface area contributed by atoms with Crippen molar-refractivity contribution >= 4 is 27.5 Å². The molecule has 2 aromatic rings. The van der Waals surface area contributed by atoms with E-state index in [0.717, 1.165) is 15.6 Å². The fourth-order valence-corrected chi connectivity index (χ4v) is 2.92. The molecule has 0 aliphatic rings. The highest BCUT2D eigenvalue weighted by Crippen LogP contribution is 2.38. The van der Waals surface area contributed by atoms with Crippen molar-refractivity contribution in [2.24, 2.45) is 0 Å². The normalized spacial score (nSPS) is 12.1. The number of hydrogen-bond donors (Lipinski definition) is 1. The molecular weight excluding hydrogens is 356 g/mol. The smallest absolute Gasteiger partial charge is 0.133 e.